The molecule has 0 radical (unpaired) electrons. The molecular formula is C13H14F3N3O5. The molecule has 132 valence electrons. The predicted octanol–water partition coefficient (Wildman–Crippen LogP) is 2.80. The summed E-state index contributed by atoms with van der Waals surface area (Å²) < 4.78 is 38.6. The highest BCUT2D eigenvalue weighted by Gasteiger charge is 2.38. The van der Waals surface area contributed by atoms with Gasteiger partial charge in [0.05, 0.1) is 10.8 Å². The monoisotopic (exact) mass is 349 g/mol. The summed E-state index contributed by atoms with van der Waals surface area (Å²) in [5, 5.41) is 21.5. The minimum atomic E-state index is -4.97. The molecule has 2 N–H and O–H groups in total. The number of nitrogens with zero attached hydrogens (tertiary/aromatic N) is 2. The number of carboxylic acids is 1. The van der Waals surface area contributed by atoms with E-state index < -0.39 is 40.3 Å². The van der Waals surface area contributed by atoms with Gasteiger partial charge < -0.3 is 15.3 Å². The molecule has 1 aromatic rings. The lowest BCUT2D eigenvalue weighted by Gasteiger charge is -2.20. The van der Waals surface area contributed by atoms with Crippen LogP contribution in [0.15, 0.2) is 18.2 Å². The molecule has 8 nitrogen and oxygen atoms in total. The number of nitro groups is 1. The van der Waals surface area contributed by atoms with Gasteiger partial charge in [0.25, 0.3) is 5.69 Å². The van der Waals surface area contributed by atoms with Crippen LogP contribution >= 0.6 is 0 Å². The molecule has 1 aromatic carbocycles. The molecule has 24 heavy (non-hydrogen) atoms. The number of alkyl halides is 3. The molecule has 2 amide bonds. The number of benzene rings is 1. The van der Waals surface area contributed by atoms with Crippen molar-refractivity contribution in [3.05, 3.63) is 33.9 Å². The van der Waals surface area contributed by atoms with Gasteiger partial charge in [0.15, 0.2) is 0 Å². The normalized spacial score (nSPS) is 12.4. The molecule has 0 saturated carbocycles. The summed E-state index contributed by atoms with van der Waals surface area (Å²) in [4.78, 5) is 33.0. The Morgan fingerprint density at radius 3 is 2.46 bits per heavy atom. The average Bonchev–Trinajstić information content (AvgIpc) is 2.45. The maximum atomic E-state index is 12.9. The Labute approximate surface area is 134 Å². The minimum absolute atomic E-state index is 0.166. The van der Waals surface area contributed by atoms with Gasteiger partial charge in [-0.25, -0.2) is 4.79 Å². The summed E-state index contributed by atoms with van der Waals surface area (Å²) in [6, 6.07) is 1.20. The number of carbonyl (C=O) groups excluding carboxylic acids is 1. The highest BCUT2D eigenvalue weighted by Crippen LogP contribution is 2.37. The Bertz CT molecular complexity index is 663. The van der Waals surface area contributed by atoms with Crippen LogP contribution in [-0.2, 0) is 11.0 Å². The molecular weight excluding hydrogens is 335 g/mol. The molecule has 0 aliphatic rings. The van der Waals surface area contributed by atoms with Crippen molar-refractivity contribution in [3.63, 3.8) is 0 Å². The number of anilines is 1. The number of nitrogens with one attached hydrogen (secondary N) is 1. The Morgan fingerprint density at radius 2 is 2.00 bits per heavy atom. The molecule has 0 aliphatic heterocycles. The second-order valence-corrected chi connectivity index (χ2v) is 5.04. The van der Waals surface area contributed by atoms with E-state index in [1.807, 2.05) is 0 Å². The minimum Gasteiger partial charge on any atom is -0.481 e. The van der Waals surface area contributed by atoms with Gasteiger partial charge in [-0.1, -0.05) is 6.92 Å². The highest BCUT2D eigenvalue weighted by atomic mass is 19.4. The van der Waals surface area contributed by atoms with Crippen molar-refractivity contribution in [1.82, 2.24) is 4.90 Å². The number of rotatable bonds is 5. The first-order valence-corrected chi connectivity index (χ1v) is 6.54. The van der Waals surface area contributed by atoms with E-state index in [1.54, 1.807) is 0 Å². The largest absolute Gasteiger partial charge is 0.481 e. The van der Waals surface area contributed by atoms with E-state index in [-0.39, 0.29) is 12.2 Å². The van der Waals surface area contributed by atoms with Crippen LogP contribution in [0.4, 0.5) is 29.3 Å². The zero-order chi connectivity index (χ0) is 18.7. The van der Waals surface area contributed by atoms with Gasteiger partial charge >= 0.3 is 18.2 Å². The number of carbonyl (C=O) groups is 2. The third kappa shape index (κ3) is 4.83. The molecule has 1 unspecified atom stereocenters. The van der Waals surface area contributed by atoms with Gasteiger partial charge in [0, 0.05) is 25.3 Å². The van der Waals surface area contributed by atoms with Crippen molar-refractivity contribution in [1.29, 1.82) is 0 Å². The summed E-state index contributed by atoms with van der Waals surface area (Å²) in [6.45, 7) is 1.19. The average molecular weight is 349 g/mol. The van der Waals surface area contributed by atoms with Crippen molar-refractivity contribution in [2.45, 2.75) is 13.1 Å². The second-order valence-electron chi connectivity index (χ2n) is 5.04. The number of hydrogen-bond acceptors (Lipinski definition) is 4. The van der Waals surface area contributed by atoms with Crippen LogP contribution in [0.2, 0.25) is 0 Å². The number of urea groups is 1. The molecule has 0 spiro atoms. The van der Waals surface area contributed by atoms with Gasteiger partial charge in [-0.15, -0.1) is 0 Å². The molecule has 11 heteroatoms. The maximum absolute atomic E-state index is 12.9. The topological polar surface area (TPSA) is 113 Å². The van der Waals surface area contributed by atoms with E-state index in [0.29, 0.717) is 12.1 Å². The maximum Gasteiger partial charge on any atom is 0.423 e. The predicted molar refractivity (Wildman–Crippen MR) is 76.5 cm³/mol. The molecule has 0 aliphatic carbocycles. The van der Waals surface area contributed by atoms with Crippen molar-refractivity contribution < 1.29 is 32.8 Å². The fourth-order valence-electron chi connectivity index (χ4n) is 1.79. The van der Waals surface area contributed by atoms with Crippen molar-refractivity contribution in [3.8, 4) is 0 Å². The van der Waals surface area contributed by atoms with Crippen LogP contribution in [0.5, 0.6) is 0 Å². The van der Waals surface area contributed by atoms with Gasteiger partial charge in [-0.3, -0.25) is 14.9 Å². The lowest BCUT2D eigenvalue weighted by molar-refractivity contribution is -0.388. The summed E-state index contributed by atoms with van der Waals surface area (Å²) in [6.07, 6.45) is -4.97. The van der Waals surface area contributed by atoms with Crippen LogP contribution in [0, 0.1) is 16.0 Å². The van der Waals surface area contributed by atoms with Gasteiger partial charge in [-0.2, -0.15) is 13.2 Å². The standard InChI is InChI=1S/C13H14F3N3O5/c1-7(11(20)21)6-18(2)12(22)17-8-3-4-10(19(23)24)9(5-8)13(14,15)16/h3-5,7H,6H2,1-2H3,(H,17,22)(H,20,21). The Kier molecular flexibility index (Phi) is 5.72. The van der Waals surface area contributed by atoms with Crippen molar-refractivity contribution in [2.75, 3.05) is 18.9 Å². The number of hydrogen-bond donors (Lipinski definition) is 2. The molecule has 0 aromatic heterocycles. The fourth-order valence-corrected chi connectivity index (χ4v) is 1.79. The van der Waals surface area contributed by atoms with Crippen LogP contribution in [0.25, 0.3) is 0 Å². The zero-order valence-corrected chi connectivity index (χ0v) is 12.6. The molecule has 1 atom stereocenters. The van der Waals surface area contributed by atoms with E-state index in [4.69, 9.17) is 5.11 Å². The van der Waals surface area contributed by atoms with Crippen molar-refractivity contribution >= 4 is 23.4 Å². The van der Waals surface area contributed by atoms with Crippen LogP contribution in [0.3, 0.4) is 0 Å². The summed E-state index contributed by atoms with van der Waals surface area (Å²) >= 11 is 0. The number of amides is 2. The Hall–Kier alpha value is -2.85. The molecule has 0 fully saturated rings. The number of aliphatic carboxylic acids is 1. The molecule has 0 saturated heterocycles. The fraction of sp³-hybridized carbons (Fsp3) is 0.385. The van der Waals surface area contributed by atoms with Crippen LogP contribution < -0.4 is 5.32 Å². The number of nitro benzene ring substituents is 1. The molecule has 0 heterocycles. The van der Waals surface area contributed by atoms with Gasteiger partial charge in [0.1, 0.15) is 5.56 Å². The van der Waals surface area contributed by atoms with E-state index in [2.05, 4.69) is 5.32 Å². The van der Waals surface area contributed by atoms with E-state index >= 15 is 0 Å². The van der Waals surface area contributed by atoms with Crippen LogP contribution in [0.1, 0.15) is 12.5 Å². The Morgan fingerprint density at radius 1 is 1.42 bits per heavy atom. The van der Waals surface area contributed by atoms with Gasteiger partial charge in [-0.05, 0) is 12.1 Å². The smallest absolute Gasteiger partial charge is 0.423 e. The number of carboxylic acid groups (broad SMARTS) is 1. The first-order valence-electron chi connectivity index (χ1n) is 6.54. The first-order chi connectivity index (χ1) is 10.9. The lowest BCUT2D eigenvalue weighted by Crippen LogP contribution is -2.36. The third-order valence-corrected chi connectivity index (χ3v) is 3.07. The SMILES string of the molecule is CC(CN(C)C(=O)Nc1ccc([N+](=O)[O-])c(C(F)(F)F)c1)C(=O)O. The van der Waals surface area contributed by atoms with Crippen molar-refractivity contribution in [2.24, 2.45) is 5.92 Å². The molecule has 0 bridgehead atoms. The lowest BCUT2D eigenvalue weighted by atomic mass is 10.1. The summed E-state index contributed by atoms with van der Waals surface area (Å²) in [5.41, 5.74) is -2.92. The van der Waals surface area contributed by atoms with Gasteiger partial charge in [0.2, 0.25) is 0 Å². The second kappa shape index (κ2) is 7.15. The summed E-state index contributed by atoms with van der Waals surface area (Å²) in [5.74, 6) is -2.01. The van der Waals surface area contributed by atoms with E-state index in [9.17, 15) is 32.9 Å². The first kappa shape index (κ1) is 19.2. The van der Waals surface area contributed by atoms with E-state index in [0.717, 1.165) is 11.0 Å². The molecule has 1 rings (SSSR count). The Balaban J connectivity index is 2.98. The van der Waals surface area contributed by atoms with Crippen LogP contribution in [-0.4, -0.2) is 40.5 Å². The quantitative estimate of drug-likeness (QED) is 0.627. The zero-order valence-electron chi connectivity index (χ0n) is 12.6. The number of halogens is 3. The van der Waals surface area contributed by atoms with E-state index in [1.165, 1.54) is 14.0 Å². The highest BCUT2D eigenvalue weighted by molar-refractivity contribution is 5.89. The third-order valence-electron chi connectivity index (χ3n) is 3.07. The summed E-state index contributed by atoms with van der Waals surface area (Å²) in [7, 11) is 1.27.